The largest absolute Gasteiger partial charge is 0.467 e. The molecule has 0 heterocycles. The zero-order valence-electron chi connectivity index (χ0n) is 11.5. The summed E-state index contributed by atoms with van der Waals surface area (Å²) in [6.45, 7) is 7.22. The summed E-state index contributed by atoms with van der Waals surface area (Å²) in [5, 5.41) is 2.49. The molecule has 18 heavy (non-hydrogen) atoms. The molecule has 1 unspecified atom stereocenters. The van der Waals surface area contributed by atoms with Crippen LogP contribution in [-0.2, 0) is 19.1 Å². The molecule has 1 N–H and O–H groups in total. The van der Waals surface area contributed by atoms with Crippen molar-refractivity contribution < 1.29 is 19.1 Å². The van der Waals surface area contributed by atoms with Crippen molar-refractivity contribution in [1.82, 2.24) is 5.32 Å². The molecule has 0 aromatic carbocycles. The number of thioether (sulfide) groups is 1. The van der Waals surface area contributed by atoms with Gasteiger partial charge in [0.25, 0.3) is 0 Å². The molecule has 0 spiro atoms. The quantitative estimate of drug-likeness (QED) is 0.767. The first-order chi connectivity index (χ1) is 8.15. The minimum absolute atomic E-state index is 0.103. The number of hydrogen-bond acceptors (Lipinski definition) is 5. The molecule has 0 aromatic heterocycles. The van der Waals surface area contributed by atoms with E-state index in [4.69, 9.17) is 0 Å². The number of ether oxygens (including phenoxy) is 1. The second-order valence-electron chi connectivity index (χ2n) is 5.18. The third-order valence-corrected chi connectivity index (χ3v) is 2.87. The highest BCUT2D eigenvalue weighted by Crippen LogP contribution is 2.18. The molecule has 0 rings (SSSR count). The van der Waals surface area contributed by atoms with Crippen LogP contribution in [-0.4, -0.2) is 35.9 Å². The van der Waals surface area contributed by atoms with E-state index in [-0.39, 0.29) is 22.2 Å². The standard InChI is InChI=1S/C12H21NO4S/c1-8(14)18-7-9(11(16)17-5)13-10(15)6-12(2,3)4/h9H,6-7H2,1-5H3,(H,13,15). The molecular weight excluding hydrogens is 254 g/mol. The maximum atomic E-state index is 11.7. The van der Waals surface area contributed by atoms with E-state index in [0.717, 1.165) is 11.8 Å². The molecule has 104 valence electrons. The average molecular weight is 275 g/mol. The number of rotatable bonds is 5. The summed E-state index contributed by atoms with van der Waals surface area (Å²) in [4.78, 5) is 34.1. The summed E-state index contributed by atoms with van der Waals surface area (Å²) < 4.78 is 4.60. The second kappa shape index (κ2) is 7.41. The van der Waals surface area contributed by atoms with Crippen LogP contribution in [0.15, 0.2) is 0 Å². The Bertz CT molecular complexity index is 323. The number of methoxy groups -OCH3 is 1. The van der Waals surface area contributed by atoms with Crippen molar-refractivity contribution in [3.8, 4) is 0 Å². The van der Waals surface area contributed by atoms with Gasteiger partial charge in [-0.1, -0.05) is 32.5 Å². The number of nitrogens with one attached hydrogen (secondary N) is 1. The van der Waals surface area contributed by atoms with Crippen molar-refractivity contribution in [3.05, 3.63) is 0 Å². The highest BCUT2D eigenvalue weighted by Gasteiger charge is 2.24. The number of hydrogen-bond donors (Lipinski definition) is 1. The summed E-state index contributed by atoms with van der Waals surface area (Å²) >= 11 is 0.989. The molecule has 0 fully saturated rings. The van der Waals surface area contributed by atoms with Crippen molar-refractivity contribution in [2.24, 2.45) is 5.41 Å². The molecular formula is C12H21NO4S. The summed E-state index contributed by atoms with van der Waals surface area (Å²) in [6, 6.07) is -0.779. The fourth-order valence-electron chi connectivity index (χ4n) is 1.24. The minimum atomic E-state index is -0.779. The van der Waals surface area contributed by atoms with Gasteiger partial charge < -0.3 is 10.1 Å². The van der Waals surface area contributed by atoms with Crippen LogP contribution in [0.5, 0.6) is 0 Å². The Hall–Kier alpha value is -1.04. The summed E-state index contributed by atoms with van der Waals surface area (Å²) in [5.41, 5.74) is -0.154. The normalized spacial score (nSPS) is 12.7. The van der Waals surface area contributed by atoms with Crippen LogP contribution < -0.4 is 5.32 Å². The second-order valence-corrected chi connectivity index (χ2v) is 6.38. The lowest BCUT2D eigenvalue weighted by molar-refractivity contribution is -0.144. The average Bonchev–Trinajstić information content (AvgIpc) is 2.20. The molecule has 0 saturated heterocycles. The fourth-order valence-corrected chi connectivity index (χ4v) is 1.86. The van der Waals surface area contributed by atoms with Gasteiger partial charge in [-0.05, 0) is 5.41 Å². The molecule has 0 radical (unpaired) electrons. The lowest BCUT2D eigenvalue weighted by Crippen LogP contribution is -2.44. The lowest BCUT2D eigenvalue weighted by Gasteiger charge is -2.20. The molecule has 0 saturated carbocycles. The molecule has 1 atom stereocenters. The molecule has 5 nitrogen and oxygen atoms in total. The van der Waals surface area contributed by atoms with Crippen LogP contribution >= 0.6 is 11.8 Å². The maximum absolute atomic E-state index is 11.7. The Balaban J connectivity index is 4.45. The van der Waals surface area contributed by atoms with Crippen molar-refractivity contribution >= 4 is 28.8 Å². The smallest absolute Gasteiger partial charge is 0.329 e. The van der Waals surface area contributed by atoms with E-state index in [1.807, 2.05) is 20.8 Å². The van der Waals surface area contributed by atoms with Crippen LogP contribution in [0.4, 0.5) is 0 Å². The molecule has 0 aliphatic heterocycles. The third-order valence-electron chi connectivity index (χ3n) is 1.97. The van der Waals surface area contributed by atoms with Crippen molar-refractivity contribution in [1.29, 1.82) is 0 Å². The molecule has 0 aliphatic rings. The van der Waals surface area contributed by atoms with Gasteiger partial charge in [0, 0.05) is 19.1 Å². The van der Waals surface area contributed by atoms with Crippen molar-refractivity contribution in [3.63, 3.8) is 0 Å². The van der Waals surface area contributed by atoms with Gasteiger partial charge >= 0.3 is 5.97 Å². The van der Waals surface area contributed by atoms with Crippen LogP contribution in [0.2, 0.25) is 0 Å². The van der Waals surface area contributed by atoms with E-state index >= 15 is 0 Å². The predicted octanol–water partition coefficient (Wildman–Crippen LogP) is 1.36. The third kappa shape index (κ3) is 8.11. The Kier molecular flexibility index (Phi) is 6.98. The highest BCUT2D eigenvalue weighted by molar-refractivity contribution is 8.13. The SMILES string of the molecule is COC(=O)C(CSC(C)=O)NC(=O)CC(C)(C)C. The van der Waals surface area contributed by atoms with Gasteiger partial charge in [-0.15, -0.1) is 0 Å². The van der Waals surface area contributed by atoms with E-state index in [1.54, 1.807) is 0 Å². The molecule has 0 aliphatic carbocycles. The first kappa shape index (κ1) is 17.0. The fraction of sp³-hybridized carbons (Fsp3) is 0.750. The van der Waals surface area contributed by atoms with Gasteiger partial charge in [0.15, 0.2) is 5.12 Å². The van der Waals surface area contributed by atoms with Crippen LogP contribution in [0.1, 0.15) is 34.1 Å². The number of carbonyl (C=O) groups excluding carboxylic acids is 3. The maximum Gasteiger partial charge on any atom is 0.329 e. The van der Waals surface area contributed by atoms with Crippen LogP contribution in [0.25, 0.3) is 0 Å². The van der Waals surface area contributed by atoms with Crippen LogP contribution in [0.3, 0.4) is 0 Å². The minimum Gasteiger partial charge on any atom is -0.467 e. The van der Waals surface area contributed by atoms with E-state index in [2.05, 4.69) is 10.1 Å². The van der Waals surface area contributed by atoms with Gasteiger partial charge in [0.1, 0.15) is 6.04 Å². The molecule has 0 bridgehead atoms. The van der Waals surface area contributed by atoms with Gasteiger partial charge in [-0.25, -0.2) is 4.79 Å². The number of carbonyl (C=O) groups is 3. The molecule has 0 aromatic rings. The highest BCUT2D eigenvalue weighted by atomic mass is 32.2. The topological polar surface area (TPSA) is 72.5 Å². The van der Waals surface area contributed by atoms with Crippen molar-refractivity contribution in [2.75, 3.05) is 12.9 Å². The summed E-state index contributed by atoms with van der Waals surface area (Å²) in [7, 11) is 1.25. The predicted molar refractivity (Wildman–Crippen MR) is 71.2 cm³/mol. The van der Waals surface area contributed by atoms with E-state index < -0.39 is 12.0 Å². The molecule has 6 heteroatoms. The van der Waals surface area contributed by atoms with Crippen LogP contribution in [0, 0.1) is 5.41 Å². The molecule has 1 amide bonds. The van der Waals surface area contributed by atoms with Gasteiger partial charge in [0.2, 0.25) is 5.91 Å². The monoisotopic (exact) mass is 275 g/mol. The number of esters is 1. The van der Waals surface area contributed by atoms with Gasteiger partial charge in [-0.2, -0.15) is 0 Å². The van der Waals surface area contributed by atoms with E-state index in [9.17, 15) is 14.4 Å². The first-order valence-corrected chi connectivity index (χ1v) is 6.65. The first-order valence-electron chi connectivity index (χ1n) is 5.66. The van der Waals surface area contributed by atoms with E-state index in [0.29, 0.717) is 6.42 Å². The van der Waals surface area contributed by atoms with Gasteiger partial charge in [-0.3, -0.25) is 9.59 Å². The summed E-state index contributed by atoms with van der Waals surface area (Å²) in [6.07, 6.45) is 0.311. The summed E-state index contributed by atoms with van der Waals surface area (Å²) in [5.74, 6) is -0.564. The zero-order chi connectivity index (χ0) is 14.3. The Morgan fingerprint density at radius 3 is 2.22 bits per heavy atom. The Morgan fingerprint density at radius 1 is 1.28 bits per heavy atom. The van der Waals surface area contributed by atoms with E-state index in [1.165, 1.54) is 14.0 Å². The van der Waals surface area contributed by atoms with Crippen molar-refractivity contribution in [2.45, 2.75) is 40.2 Å². The Morgan fingerprint density at radius 2 is 1.83 bits per heavy atom. The van der Waals surface area contributed by atoms with Gasteiger partial charge in [0.05, 0.1) is 7.11 Å². The zero-order valence-corrected chi connectivity index (χ0v) is 12.3. The lowest BCUT2D eigenvalue weighted by atomic mass is 9.92. The Labute approximate surface area is 112 Å². The number of amides is 1.